The van der Waals surface area contributed by atoms with Gasteiger partial charge < -0.3 is 15.4 Å². The number of halogens is 3. The third-order valence-corrected chi connectivity index (χ3v) is 4.56. The van der Waals surface area contributed by atoms with Gasteiger partial charge in [-0.25, -0.2) is 8.78 Å². The number of rotatable bonds is 4. The lowest BCUT2D eigenvalue weighted by atomic mass is 10.00. The Morgan fingerprint density at radius 1 is 1.26 bits per heavy atom. The van der Waals surface area contributed by atoms with E-state index < -0.39 is 11.6 Å². The van der Waals surface area contributed by atoms with E-state index in [0.29, 0.717) is 24.7 Å². The maximum absolute atomic E-state index is 13.9. The summed E-state index contributed by atoms with van der Waals surface area (Å²) in [5, 5.41) is 6.62. The van der Waals surface area contributed by atoms with Crippen molar-refractivity contribution in [3.8, 4) is 5.75 Å². The second kappa shape index (κ2) is 9.87. The minimum absolute atomic E-state index is 0. The van der Waals surface area contributed by atoms with Gasteiger partial charge in [0.15, 0.2) is 5.96 Å². The molecule has 0 saturated carbocycles. The largest absolute Gasteiger partial charge is 0.493 e. The Morgan fingerprint density at radius 3 is 2.78 bits per heavy atom. The fraction of sp³-hybridized carbons (Fsp3) is 0.350. The first kappa shape index (κ1) is 21.4. The summed E-state index contributed by atoms with van der Waals surface area (Å²) in [6.07, 6.45) is 0.833. The van der Waals surface area contributed by atoms with Crippen molar-refractivity contribution in [1.82, 2.24) is 10.6 Å². The molecule has 1 aliphatic rings. The zero-order valence-electron chi connectivity index (χ0n) is 15.3. The number of nitrogens with zero attached hydrogens (tertiary/aromatic N) is 1. The lowest BCUT2D eigenvalue weighted by molar-refractivity contribution is 0.261. The first-order valence-electron chi connectivity index (χ1n) is 8.72. The van der Waals surface area contributed by atoms with Gasteiger partial charge in [-0.2, -0.15) is 0 Å². The summed E-state index contributed by atoms with van der Waals surface area (Å²) in [5.74, 6) is 0.299. The Morgan fingerprint density at radius 2 is 2.04 bits per heavy atom. The van der Waals surface area contributed by atoms with Crippen LogP contribution in [0.2, 0.25) is 0 Å². The quantitative estimate of drug-likeness (QED) is 0.383. The number of hydrogen-bond donors (Lipinski definition) is 2. The highest BCUT2D eigenvalue weighted by molar-refractivity contribution is 14.0. The van der Waals surface area contributed by atoms with E-state index in [0.717, 1.165) is 23.8 Å². The molecule has 2 N–H and O–H groups in total. The van der Waals surface area contributed by atoms with E-state index >= 15 is 0 Å². The summed E-state index contributed by atoms with van der Waals surface area (Å²) >= 11 is 0. The van der Waals surface area contributed by atoms with E-state index in [2.05, 4.69) is 15.6 Å². The molecule has 7 heteroatoms. The van der Waals surface area contributed by atoms with E-state index in [1.165, 1.54) is 12.1 Å². The summed E-state index contributed by atoms with van der Waals surface area (Å²) in [4.78, 5) is 4.26. The average Bonchev–Trinajstić information content (AvgIpc) is 2.65. The van der Waals surface area contributed by atoms with Crippen molar-refractivity contribution in [2.45, 2.75) is 25.3 Å². The Labute approximate surface area is 175 Å². The minimum atomic E-state index is -0.568. The van der Waals surface area contributed by atoms with Gasteiger partial charge in [0.25, 0.3) is 0 Å². The van der Waals surface area contributed by atoms with Crippen LogP contribution in [0.25, 0.3) is 0 Å². The second-order valence-corrected chi connectivity index (χ2v) is 6.39. The summed E-state index contributed by atoms with van der Waals surface area (Å²) in [7, 11) is 1.70. The van der Waals surface area contributed by atoms with Crippen molar-refractivity contribution >= 4 is 29.9 Å². The van der Waals surface area contributed by atoms with Crippen LogP contribution < -0.4 is 15.4 Å². The van der Waals surface area contributed by atoms with Gasteiger partial charge in [-0.3, -0.25) is 4.99 Å². The molecule has 27 heavy (non-hydrogen) atoms. The Kier molecular flexibility index (Phi) is 7.82. The van der Waals surface area contributed by atoms with Crippen LogP contribution in [0.15, 0.2) is 47.5 Å². The predicted molar refractivity (Wildman–Crippen MR) is 114 cm³/mol. The van der Waals surface area contributed by atoms with Crippen LogP contribution in [0.3, 0.4) is 0 Å². The third-order valence-electron chi connectivity index (χ3n) is 4.56. The number of para-hydroxylation sites is 1. The maximum Gasteiger partial charge on any atom is 0.191 e. The highest BCUT2D eigenvalue weighted by atomic mass is 127. The third kappa shape index (κ3) is 5.31. The highest BCUT2D eigenvalue weighted by Crippen LogP contribution is 2.31. The number of nitrogens with one attached hydrogen (secondary N) is 2. The van der Waals surface area contributed by atoms with E-state index in [9.17, 15) is 8.78 Å². The van der Waals surface area contributed by atoms with Gasteiger partial charge in [0.05, 0.1) is 12.6 Å². The fourth-order valence-electron chi connectivity index (χ4n) is 3.11. The normalized spacial score (nSPS) is 17.2. The summed E-state index contributed by atoms with van der Waals surface area (Å²) in [6.45, 7) is 3.01. The lowest BCUT2D eigenvalue weighted by Gasteiger charge is -2.28. The zero-order valence-corrected chi connectivity index (χ0v) is 17.7. The number of hydrogen-bond acceptors (Lipinski definition) is 2. The molecule has 0 aromatic heterocycles. The first-order chi connectivity index (χ1) is 12.6. The van der Waals surface area contributed by atoms with Gasteiger partial charge in [0, 0.05) is 37.6 Å². The molecule has 0 amide bonds. The van der Waals surface area contributed by atoms with E-state index in [1.54, 1.807) is 7.05 Å². The minimum Gasteiger partial charge on any atom is -0.493 e. The Bertz CT molecular complexity index is 801. The monoisotopic (exact) mass is 487 g/mol. The van der Waals surface area contributed by atoms with Crippen LogP contribution >= 0.6 is 24.0 Å². The molecule has 2 unspecified atom stereocenters. The molecular formula is C20H24F2IN3O. The SMILES string of the molecule is CN=C(NCC(C)c1ccc(F)cc1F)NC1CCOc2ccccc21.I. The molecule has 0 radical (unpaired) electrons. The van der Waals surface area contributed by atoms with Gasteiger partial charge in [-0.1, -0.05) is 31.2 Å². The predicted octanol–water partition coefficient (Wildman–Crippen LogP) is 4.38. The molecule has 0 saturated heterocycles. The van der Waals surface area contributed by atoms with E-state index in [4.69, 9.17) is 4.74 Å². The van der Waals surface area contributed by atoms with Crippen LogP contribution in [0, 0.1) is 11.6 Å². The van der Waals surface area contributed by atoms with Gasteiger partial charge in [0.2, 0.25) is 0 Å². The molecule has 146 valence electrons. The molecule has 0 fully saturated rings. The molecule has 0 aliphatic carbocycles. The van der Waals surface area contributed by atoms with Crippen molar-refractivity contribution < 1.29 is 13.5 Å². The van der Waals surface area contributed by atoms with Crippen LogP contribution in [-0.4, -0.2) is 26.2 Å². The molecule has 0 bridgehead atoms. The highest BCUT2D eigenvalue weighted by Gasteiger charge is 2.22. The summed E-state index contributed by atoms with van der Waals surface area (Å²) in [6, 6.07) is 11.7. The Hall–Kier alpha value is -1.90. The van der Waals surface area contributed by atoms with E-state index in [1.807, 2.05) is 31.2 Å². The Balaban J connectivity index is 0.00000261. The standard InChI is InChI=1S/C20H23F2N3O.HI/c1-13(15-8-7-14(21)11-17(15)22)12-24-20(23-2)25-18-9-10-26-19-6-4-3-5-16(18)19;/h3-8,11,13,18H,9-10,12H2,1-2H3,(H2,23,24,25);1H. The molecule has 2 aromatic rings. The topological polar surface area (TPSA) is 45.7 Å². The van der Waals surface area contributed by atoms with Crippen molar-refractivity contribution in [3.05, 3.63) is 65.2 Å². The van der Waals surface area contributed by atoms with Crippen LogP contribution in [0.4, 0.5) is 8.78 Å². The van der Waals surface area contributed by atoms with Crippen LogP contribution in [-0.2, 0) is 0 Å². The van der Waals surface area contributed by atoms with Crippen molar-refractivity contribution in [1.29, 1.82) is 0 Å². The second-order valence-electron chi connectivity index (χ2n) is 6.39. The number of ether oxygens (including phenoxy) is 1. The zero-order chi connectivity index (χ0) is 18.5. The first-order valence-corrected chi connectivity index (χ1v) is 8.72. The maximum atomic E-state index is 13.9. The van der Waals surface area contributed by atoms with Crippen LogP contribution in [0.1, 0.15) is 36.4 Å². The lowest BCUT2D eigenvalue weighted by Crippen LogP contribution is -2.42. The van der Waals surface area contributed by atoms with Crippen LogP contribution in [0.5, 0.6) is 5.75 Å². The molecule has 4 nitrogen and oxygen atoms in total. The van der Waals surface area contributed by atoms with Gasteiger partial charge in [-0.05, 0) is 17.7 Å². The summed E-state index contributed by atoms with van der Waals surface area (Å²) < 4.78 is 32.7. The fourth-order valence-corrected chi connectivity index (χ4v) is 3.11. The molecular weight excluding hydrogens is 463 g/mol. The van der Waals surface area contributed by atoms with Crippen molar-refractivity contribution in [3.63, 3.8) is 0 Å². The van der Waals surface area contributed by atoms with Crippen molar-refractivity contribution in [2.24, 2.45) is 4.99 Å². The number of guanidine groups is 1. The smallest absolute Gasteiger partial charge is 0.191 e. The van der Waals surface area contributed by atoms with Crippen molar-refractivity contribution in [2.75, 3.05) is 20.2 Å². The molecule has 1 heterocycles. The van der Waals surface area contributed by atoms with E-state index in [-0.39, 0.29) is 35.9 Å². The number of fused-ring (bicyclic) bond motifs is 1. The molecule has 3 rings (SSSR count). The molecule has 2 atom stereocenters. The average molecular weight is 487 g/mol. The summed E-state index contributed by atoms with van der Waals surface area (Å²) in [5.41, 5.74) is 1.57. The molecule has 2 aromatic carbocycles. The van der Waals surface area contributed by atoms with Gasteiger partial charge in [-0.15, -0.1) is 24.0 Å². The van der Waals surface area contributed by atoms with Gasteiger partial charge >= 0.3 is 0 Å². The number of aliphatic imine (C=N–C) groups is 1. The number of benzene rings is 2. The molecule has 0 spiro atoms. The van der Waals surface area contributed by atoms with Gasteiger partial charge in [0.1, 0.15) is 17.4 Å². The molecule has 1 aliphatic heterocycles.